The van der Waals surface area contributed by atoms with E-state index in [0.29, 0.717) is 12.1 Å². The van der Waals surface area contributed by atoms with Crippen LogP contribution in [0.1, 0.15) is 41.8 Å². The Morgan fingerprint density at radius 1 is 1.29 bits per heavy atom. The molecule has 3 rings (SSSR count). The Hall–Kier alpha value is -1.85. The largest absolute Gasteiger partial charge is 0.475 e. The van der Waals surface area contributed by atoms with Crippen LogP contribution in [0.5, 0.6) is 0 Å². The van der Waals surface area contributed by atoms with Crippen molar-refractivity contribution >= 4 is 16.9 Å². The first-order chi connectivity index (χ1) is 10.1. The third-order valence-electron chi connectivity index (χ3n) is 4.32. The Kier molecular flexibility index (Phi) is 3.69. The van der Waals surface area contributed by atoms with Gasteiger partial charge in [-0.05, 0) is 36.6 Å². The predicted molar refractivity (Wildman–Crippen MR) is 78.3 cm³/mol. The second-order valence-electron chi connectivity index (χ2n) is 5.79. The molecule has 1 aliphatic carbocycles. The highest BCUT2D eigenvalue weighted by molar-refractivity contribution is 5.91. The van der Waals surface area contributed by atoms with E-state index < -0.39 is 5.97 Å². The molecule has 5 nitrogen and oxygen atoms in total. The van der Waals surface area contributed by atoms with E-state index in [2.05, 4.69) is 5.32 Å². The minimum Gasteiger partial charge on any atom is -0.475 e. The van der Waals surface area contributed by atoms with E-state index in [0.717, 1.165) is 36.6 Å². The van der Waals surface area contributed by atoms with Gasteiger partial charge in [0.05, 0.1) is 6.61 Å². The van der Waals surface area contributed by atoms with Gasteiger partial charge >= 0.3 is 5.97 Å². The summed E-state index contributed by atoms with van der Waals surface area (Å²) in [4.78, 5) is 10.9. The van der Waals surface area contributed by atoms with Crippen LogP contribution in [0.4, 0.5) is 0 Å². The summed E-state index contributed by atoms with van der Waals surface area (Å²) in [6, 6.07) is 7.18. The van der Waals surface area contributed by atoms with Gasteiger partial charge < -0.3 is 19.9 Å². The fraction of sp³-hybridized carbons (Fsp3) is 0.438. The molecule has 0 spiro atoms. The summed E-state index contributed by atoms with van der Waals surface area (Å²) in [5.41, 5.74) is 1.48. The molecule has 1 fully saturated rings. The molecule has 0 radical (unpaired) electrons. The van der Waals surface area contributed by atoms with Crippen molar-refractivity contribution in [3.8, 4) is 0 Å². The molecule has 2 aromatic rings. The van der Waals surface area contributed by atoms with Crippen LogP contribution >= 0.6 is 0 Å². The summed E-state index contributed by atoms with van der Waals surface area (Å²) in [5.74, 6) is -1.10. The Morgan fingerprint density at radius 3 is 2.71 bits per heavy atom. The maximum atomic E-state index is 10.9. The second kappa shape index (κ2) is 5.50. The van der Waals surface area contributed by atoms with Crippen molar-refractivity contribution < 1.29 is 19.4 Å². The lowest BCUT2D eigenvalue weighted by Gasteiger charge is -2.28. The first kappa shape index (κ1) is 14.1. The van der Waals surface area contributed by atoms with Crippen molar-refractivity contribution in [1.82, 2.24) is 5.32 Å². The summed E-state index contributed by atoms with van der Waals surface area (Å²) in [6.07, 6.45) is 4.30. The molecule has 21 heavy (non-hydrogen) atoms. The zero-order valence-electron chi connectivity index (χ0n) is 11.8. The van der Waals surface area contributed by atoms with Gasteiger partial charge in [-0.25, -0.2) is 4.79 Å². The molecule has 0 saturated heterocycles. The highest BCUT2D eigenvalue weighted by Crippen LogP contribution is 2.29. The van der Waals surface area contributed by atoms with Crippen LogP contribution in [0.2, 0.25) is 0 Å². The lowest BCUT2D eigenvalue weighted by molar-refractivity contribution is 0.0665. The highest BCUT2D eigenvalue weighted by Gasteiger charge is 2.32. The Morgan fingerprint density at radius 2 is 2.05 bits per heavy atom. The van der Waals surface area contributed by atoms with Crippen LogP contribution in [0, 0.1) is 0 Å². The van der Waals surface area contributed by atoms with Gasteiger partial charge in [0.25, 0.3) is 0 Å². The molecule has 1 heterocycles. The van der Waals surface area contributed by atoms with Crippen molar-refractivity contribution in [3.63, 3.8) is 0 Å². The first-order valence-electron chi connectivity index (χ1n) is 7.24. The fourth-order valence-corrected chi connectivity index (χ4v) is 3.04. The fourth-order valence-electron chi connectivity index (χ4n) is 3.04. The van der Waals surface area contributed by atoms with Gasteiger partial charge in [-0.1, -0.05) is 18.9 Å². The normalized spacial score (nSPS) is 17.4. The van der Waals surface area contributed by atoms with Crippen molar-refractivity contribution in [2.24, 2.45) is 0 Å². The molecule has 0 atom stereocenters. The monoisotopic (exact) mass is 289 g/mol. The molecule has 0 aliphatic heterocycles. The molecule has 5 heteroatoms. The third kappa shape index (κ3) is 2.80. The van der Waals surface area contributed by atoms with E-state index in [9.17, 15) is 9.90 Å². The smallest absolute Gasteiger partial charge is 0.371 e. The van der Waals surface area contributed by atoms with Crippen molar-refractivity contribution in [1.29, 1.82) is 0 Å². The first-order valence-corrected chi connectivity index (χ1v) is 7.24. The molecule has 112 valence electrons. The molecule has 1 aliphatic rings. The van der Waals surface area contributed by atoms with E-state index >= 15 is 0 Å². The van der Waals surface area contributed by atoms with Gasteiger partial charge in [0.1, 0.15) is 5.58 Å². The van der Waals surface area contributed by atoms with Crippen LogP contribution in [-0.2, 0) is 6.54 Å². The topological polar surface area (TPSA) is 82.7 Å². The summed E-state index contributed by atoms with van der Waals surface area (Å²) >= 11 is 0. The van der Waals surface area contributed by atoms with Gasteiger partial charge in [-0.15, -0.1) is 0 Å². The minimum atomic E-state index is -1.06. The van der Waals surface area contributed by atoms with Gasteiger partial charge in [0.15, 0.2) is 0 Å². The Bertz CT molecular complexity index is 655. The zero-order chi connectivity index (χ0) is 14.9. The number of carboxylic acids is 1. The van der Waals surface area contributed by atoms with E-state index in [1.807, 2.05) is 12.1 Å². The number of fused-ring (bicyclic) bond motifs is 1. The SMILES string of the molecule is O=C(O)c1cc2cc(CNC3(CO)CCCC3)ccc2o1. The van der Waals surface area contributed by atoms with Crippen molar-refractivity contribution in [2.75, 3.05) is 6.61 Å². The quantitative estimate of drug-likeness (QED) is 0.788. The number of benzene rings is 1. The lowest BCUT2D eigenvalue weighted by atomic mass is 9.98. The standard InChI is InChI=1S/C16H19NO4/c18-10-16(5-1-2-6-16)17-9-11-3-4-13-12(7-11)8-14(21-13)15(19)20/h3-4,7-8,17-18H,1-2,5-6,9-10H2,(H,19,20). The molecule has 0 bridgehead atoms. The van der Waals surface area contributed by atoms with Gasteiger partial charge in [-0.3, -0.25) is 0 Å². The number of aromatic carboxylic acids is 1. The Labute approximate surface area is 122 Å². The number of furan rings is 1. The molecule has 1 aromatic heterocycles. The average molecular weight is 289 g/mol. The number of rotatable bonds is 5. The number of carboxylic acid groups (broad SMARTS) is 1. The van der Waals surface area contributed by atoms with Crippen LogP contribution in [0.25, 0.3) is 11.0 Å². The van der Waals surface area contributed by atoms with Crippen LogP contribution in [0.3, 0.4) is 0 Å². The van der Waals surface area contributed by atoms with E-state index in [4.69, 9.17) is 9.52 Å². The van der Waals surface area contributed by atoms with Crippen molar-refractivity contribution in [3.05, 3.63) is 35.6 Å². The molecule has 1 saturated carbocycles. The molecule has 0 amide bonds. The molecular weight excluding hydrogens is 270 g/mol. The van der Waals surface area contributed by atoms with Crippen LogP contribution < -0.4 is 5.32 Å². The maximum Gasteiger partial charge on any atom is 0.371 e. The third-order valence-corrected chi connectivity index (χ3v) is 4.32. The van der Waals surface area contributed by atoms with Crippen LogP contribution in [-0.4, -0.2) is 28.3 Å². The average Bonchev–Trinajstić information content (AvgIpc) is 3.12. The number of hydrogen-bond donors (Lipinski definition) is 3. The van der Waals surface area contributed by atoms with Crippen molar-refractivity contribution in [2.45, 2.75) is 37.8 Å². The van der Waals surface area contributed by atoms with Gasteiger partial charge in [-0.2, -0.15) is 0 Å². The molecule has 1 aromatic carbocycles. The number of carbonyl (C=O) groups is 1. The zero-order valence-corrected chi connectivity index (χ0v) is 11.8. The van der Waals surface area contributed by atoms with Gasteiger partial charge in [0.2, 0.25) is 5.76 Å². The Balaban J connectivity index is 1.76. The van der Waals surface area contributed by atoms with E-state index in [1.165, 1.54) is 0 Å². The summed E-state index contributed by atoms with van der Waals surface area (Å²) in [7, 11) is 0. The number of nitrogens with one attached hydrogen (secondary N) is 1. The summed E-state index contributed by atoms with van der Waals surface area (Å²) in [6.45, 7) is 0.814. The minimum absolute atomic E-state index is 0.0438. The van der Waals surface area contributed by atoms with Gasteiger partial charge in [0, 0.05) is 17.5 Å². The number of aliphatic hydroxyl groups excluding tert-OH is 1. The number of aliphatic hydroxyl groups is 1. The predicted octanol–water partition coefficient (Wildman–Crippen LogP) is 2.53. The lowest BCUT2D eigenvalue weighted by Crippen LogP contribution is -2.45. The van der Waals surface area contributed by atoms with E-state index in [1.54, 1.807) is 12.1 Å². The van der Waals surface area contributed by atoms with Crippen LogP contribution in [0.15, 0.2) is 28.7 Å². The highest BCUT2D eigenvalue weighted by atomic mass is 16.4. The maximum absolute atomic E-state index is 10.9. The summed E-state index contributed by atoms with van der Waals surface area (Å²) < 4.78 is 5.24. The summed E-state index contributed by atoms with van der Waals surface area (Å²) in [5, 5.41) is 22.8. The molecule has 0 unspecified atom stereocenters. The molecular formula is C16H19NO4. The van der Waals surface area contributed by atoms with E-state index in [-0.39, 0.29) is 17.9 Å². The molecule has 3 N–H and O–H groups in total. The number of hydrogen-bond acceptors (Lipinski definition) is 4. The second-order valence-corrected chi connectivity index (χ2v) is 5.79.